The van der Waals surface area contributed by atoms with Crippen LogP contribution in [-0.4, -0.2) is 22.8 Å². The van der Waals surface area contributed by atoms with Crippen molar-refractivity contribution in [1.29, 1.82) is 0 Å². The molecule has 1 aliphatic rings. The molecule has 0 saturated heterocycles. The van der Waals surface area contributed by atoms with Crippen LogP contribution in [0.25, 0.3) is 0 Å². The summed E-state index contributed by atoms with van der Waals surface area (Å²) < 4.78 is 0. The number of benzene rings is 1. The summed E-state index contributed by atoms with van der Waals surface area (Å²) in [5.74, 6) is 0.0807. The van der Waals surface area contributed by atoms with Crippen molar-refractivity contribution in [2.24, 2.45) is 10.9 Å². The molecule has 5 nitrogen and oxygen atoms in total. The summed E-state index contributed by atoms with van der Waals surface area (Å²) in [4.78, 5) is 0. The van der Waals surface area contributed by atoms with Gasteiger partial charge in [-0.05, 0) is 18.1 Å². The molecule has 1 aliphatic heterocycles. The second-order valence-electron chi connectivity index (χ2n) is 3.16. The second kappa shape index (κ2) is 3.19. The minimum Gasteiger partial charge on any atom is -0.409 e. The molecule has 0 spiro atoms. The minimum absolute atomic E-state index is 0.0807. The molecule has 0 amide bonds. The van der Waals surface area contributed by atoms with Crippen molar-refractivity contribution in [3.05, 3.63) is 29.3 Å². The van der Waals surface area contributed by atoms with Gasteiger partial charge in [0.2, 0.25) is 0 Å². The summed E-state index contributed by atoms with van der Waals surface area (Å²) in [5, 5.41) is 22.1. The van der Waals surface area contributed by atoms with Gasteiger partial charge < -0.3 is 10.9 Å². The summed E-state index contributed by atoms with van der Waals surface area (Å²) in [6.45, 7) is 0.547. The highest BCUT2D eigenvalue weighted by Crippen LogP contribution is 2.28. The van der Waals surface area contributed by atoms with E-state index in [1.807, 2.05) is 0 Å². The smallest absolute Gasteiger partial charge is 0.170 e. The van der Waals surface area contributed by atoms with Crippen LogP contribution < -0.4 is 10.8 Å². The SMILES string of the molecule is NC(=NO)c1cccc2c1CCN2O. The third kappa shape index (κ3) is 1.18. The van der Waals surface area contributed by atoms with Gasteiger partial charge in [0.1, 0.15) is 0 Å². The first kappa shape index (κ1) is 8.83. The van der Waals surface area contributed by atoms with Gasteiger partial charge in [0.25, 0.3) is 0 Å². The fourth-order valence-electron chi connectivity index (χ4n) is 1.71. The predicted molar refractivity (Wildman–Crippen MR) is 51.8 cm³/mol. The molecular formula is C9H11N3O2. The zero-order valence-corrected chi connectivity index (χ0v) is 7.51. The highest BCUT2D eigenvalue weighted by Gasteiger charge is 2.21. The average Bonchev–Trinajstić information content (AvgIpc) is 2.59. The van der Waals surface area contributed by atoms with Crippen LogP contribution in [0.5, 0.6) is 0 Å². The first-order valence-corrected chi connectivity index (χ1v) is 4.30. The second-order valence-corrected chi connectivity index (χ2v) is 3.16. The van der Waals surface area contributed by atoms with Crippen molar-refractivity contribution >= 4 is 11.5 Å². The van der Waals surface area contributed by atoms with Gasteiger partial charge in [-0.3, -0.25) is 10.3 Å². The Morgan fingerprint density at radius 2 is 2.29 bits per heavy atom. The van der Waals surface area contributed by atoms with Gasteiger partial charge in [-0.2, -0.15) is 0 Å². The summed E-state index contributed by atoms with van der Waals surface area (Å²) in [5.41, 5.74) is 7.85. The lowest BCUT2D eigenvalue weighted by atomic mass is 10.0. The van der Waals surface area contributed by atoms with Gasteiger partial charge in [-0.1, -0.05) is 17.3 Å². The first-order chi connectivity index (χ1) is 6.74. The number of oxime groups is 1. The number of anilines is 1. The molecule has 0 radical (unpaired) electrons. The van der Waals surface area contributed by atoms with Crippen LogP contribution in [-0.2, 0) is 6.42 Å². The normalized spacial score (nSPS) is 15.8. The van der Waals surface area contributed by atoms with Gasteiger partial charge in [0.15, 0.2) is 5.84 Å². The fraction of sp³-hybridized carbons (Fsp3) is 0.222. The summed E-state index contributed by atoms with van der Waals surface area (Å²) >= 11 is 0. The van der Waals surface area contributed by atoms with E-state index in [4.69, 9.17) is 10.9 Å². The number of fused-ring (bicyclic) bond motifs is 1. The molecule has 1 heterocycles. The zero-order valence-electron chi connectivity index (χ0n) is 7.51. The Labute approximate surface area is 81.0 Å². The highest BCUT2D eigenvalue weighted by atomic mass is 16.5. The number of nitrogens with two attached hydrogens (primary N) is 1. The van der Waals surface area contributed by atoms with Crippen molar-refractivity contribution in [3.63, 3.8) is 0 Å². The molecule has 0 aliphatic carbocycles. The third-order valence-corrected chi connectivity index (χ3v) is 2.39. The minimum atomic E-state index is 0.0807. The number of hydrogen-bond donors (Lipinski definition) is 3. The van der Waals surface area contributed by atoms with Crippen molar-refractivity contribution in [1.82, 2.24) is 0 Å². The lowest BCUT2D eigenvalue weighted by Gasteiger charge is -2.10. The Morgan fingerprint density at radius 3 is 3.00 bits per heavy atom. The standard InChI is InChI=1S/C9H11N3O2/c10-9(11-13)7-2-1-3-8-6(7)4-5-12(8)14/h1-3,13-14H,4-5H2,(H2,10,11). The Balaban J connectivity index is 2.54. The van der Waals surface area contributed by atoms with Crippen LogP contribution >= 0.6 is 0 Å². The van der Waals surface area contributed by atoms with E-state index < -0.39 is 0 Å². The van der Waals surface area contributed by atoms with Crippen LogP contribution in [0.3, 0.4) is 0 Å². The topological polar surface area (TPSA) is 82.1 Å². The van der Waals surface area contributed by atoms with E-state index >= 15 is 0 Å². The third-order valence-electron chi connectivity index (χ3n) is 2.39. The van der Waals surface area contributed by atoms with Crippen molar-refractivity contribution in [2.75, 3.05) is 11.6 Å². The quantitative estimate of drug-likeness (QED) is 0.263. The van der Waals surface area contributed by atoms with Crippen LogP contribution in [0.4, 0.5) is 5.69 Å². The molecule has 1 aromatic rings. The zero-order chi connectivity index (χ0) is 10.1. The summed E-state index contributed by atoms with van der Waals surface area (Å²) in [6.07, 6.45) is 0.707. The van der Waals surface area contributed by atoms with E-state index in [1.165, 1.54) is 5.06 Å². The maximum atomic E-state index is 9.45. The monoisotopic (exact) mass is 193 g/mol. The molecule has 5 heteroatoms. The molecule has 0 atom stereocenters. The number of hydroxylamine groups is 1. The van der Waals surface area contributed by atoms with E-state index in [2.05, 4.69) is 5.16 Å². The van der Waals surface area contributed by atoms with Crippen LogP contribution in [0.2, 0.25) is 0 Å². The Hall–Kier alpha value is -1.75. The van der Waals surface area contributed by atoms with Crippen LogP contribution in [0, 0.1) is 0 Å². The Morgan fingerprint density at radius 1 is 1.50 bits per heavy atom. The maximum absolute atomic E-state index is 9.45. The van der Waals surface area contributed by atoms with Gasteiger partial charge >= 0.3 is 0 Å². The lowest BCUT2D eigenvalue weighted by Crippen LogP contribution is -2.15. The lowest BCUT2D eigenvalue weighted by molar-refractivity contribution is 0.264. The molecule has 74 valence electrons. The average molecular weight is 193 g/mol. The van der Waals surface area contributed by atoms with Crippen LogP contribution in [0.1, 0.15) is 11.1 Å². The molecule has 0 unspecified atom stereocenters. The molecule has 4 N–H and O–H groups in total. The summed E-state index contributed by atoms with van der Waals surface area (Å²) in [6, 6.07) is 5.34. The van der Waals surface area contributed by atoms with Crippen molar-refractivity contribution in [3.8, 4) is 0 Å². The van der Waals surface area contributed by atoms with E-state index in [1.54, 1.807) is 18.2 Å². The molecule has 2 rings (SSSR count). The Bertz CT molecular complexity index is 390. The largest absolute Gasteiger partial charge is 0.409 e. The molecule has 0 fully saturated rings. The molecular weight excluding hydrogens is 182 g/mol. The van der Waals surface area contributed by atoms with E-state index in [9.17, 15) is 5.21 Å². The molecule has 0 aromatic heterocycles. The van der Waals surface area contributed by atoms with E-state index in [0.29, 0.717) is 18.5 Å². The van der Waals surface area contributed by atoms with Gasteiger partial charge in [-0.25, -0.2) is 0 Å². The number of nitrogens with zero attached hydrogens (tertiary/aromatic N) is 2. The van der Waals surface area contributed by atoms with E-state index in [0.717, 1.165) is 11.3 Å². The predicted octanol–water partition coefficient (Wildman–Crippen LogP) is 0.533. The first-order valence-electron chi connectivity index (χ1n) is 4.30. The number of amidine groups is 1. The van der Waals surface area contributed by atoms with Gasteiger partial charge in [-0.15, -0.1) is 0 Å². The number of rotatable bonds is 1. The van der Waals surface area contributed by atoms with Gasteiger partial charge in [0.05, 0.1) is 5.69 Å². The fourth-order valence-corrected chi connectivity index (χ4v) is 1.71. The maximum Gasteiger partial charge on any atom is 0.170 e. The van der Waals surface area contributed by atoms with Crippen molar-refractivity contribution < 1.29 is 10.4 Å². The molecule has 0 saturated carbocycles. The molecule has 1 aromatic carbocycles. The van der Waals surface area contributed by atoms with Gasteiger partial charge in [0, 0.05) is 12.1 Å². The molecule has 14 heavy (non-hydrogen) atoms. The number of hydrogen-bond acceptors (Lipinski definition) is 4. The van der Waals surface area contributed by atoms with Crippen molar-refractivity contribution in [2.45, 2.75) is 6.42 Å². The Kier molecular flexibility index (Phi) is 2.01. The molecule has 0 bridgehead atoms. The highest BCUT2D eigenvalue weighted by molar-refractivity contribution is 6.00. The van der Waals surface area contributed by atoms with Crippen LogP contribution in [0.15, 0.2) is 23.4 Å². The van der Waals surface area contributed by atoms with E-state index in [-0.39, 0.29) is 5.84 Å². The summed E-state index contributed by atoms with van der Waals surface area (Å²) in [7, 11) is 0.